The van der Waals surface area contributed by atoms with Crippen LogP contribution in [0.4, 0.5) is 10.1 Å². The Kier molecular flexibility index (Phi) is 6.36. The molecular formula is C23H22FN3O3S. The highest BCUT2D eigenvalue weighted by Crippen LogP contribution is 2.39. The number of nitrogens with one attached hydrogen (secondary N) is 2. The fraction of sp³-hybridized carbons (Fsp3) is 0.261. The van der Waals surface area contributed by atoms with Crippen molar-refractivity contribution in [1.82, 2.24) is 10.2 Å². The van der Waals surface area contributed by atoms with Crippen molar-refractivity contribution in [2.45, 2.75) is 24.2 Å². The molecular weight excluding hydrogens is 417 g/mol. The van der Waals surface area contributed by atoms with Crippen LogP contribution in [-0.4, -0.2) is 42.3 Å². The van der Waals surface area contributed by atoms with Crippen LogP contribution < -0.4 is 10.6 Å². The number of likely N-dealkylation sites (tertiary alicyclic amines) is 1. The van der Waals surface area contributed by atoms with E-state index in [-0.39, 0.29) is 17.7 Å². The Labute approximate surface area is 183 Å². The molecule has 0 bridgehead atoms. The van der Waals surface area contributed by atoms with E-state index in [1.807, 2.05) is 4.90 Å². The molecule has 160 valence electrons. The molecule has 31 heavy (non-hydrogen) atoms. The number of thioether (sulfide) groups is 1. The normalized spacial score (nSPS) is 16.9. The van der Waals surface area contributed by atoms with Crippen LogP contribution in [0.25, 0.3) is 6.08 Å². The molecule has 2 aliphatic heterocycles. The third-order valence-electron chi connectivity index (χ3n) is 5.19. The second-order valence-electron chi connectivity index (χ2n) is 7.39. The summed E-state index contributed by atoms with van der Waals surface area (Å²) in [5.41, 5.74) is 1.34. The molecule has 0 atom stereocenters. The Morgan fingerprint density at radius 3 is 2.84 bits per heavy atom. The number of carbonyl (C=O) groups excluding carboxylic acids is 3. The maximum absolute atomic E-state index is 13.9. The Morgan fingerprint density at radius 2 is 2.06 bits per heavy atom. The highest BCUT2D eigenvalue weighted by molar-refractivity contribution is 8.04. The first-order valence-corrected chi connectivity index (χ1v) is 11.0. The van der Waals surface area contributed by atoms with Crippen LogP contribution >= 0.6 is 11.8 Å². The molecule has 2 N–H and O–H groups in total. The first-order chi connectivity index (χ1) is 15.0. The number of nitrogens with zero attached hydrogens (tertiary/aromatic N) is 1. The number of fused-ring (bicyclic) bond motifs is 1. The van der Waals surface area contributed by atoms with Gasteiger partial charge in [-0.1, -0.05) is 30.0 Å². The summed E-state index contributed by atoms with van der Waals surface area (Å²) in [5, 5.41) is 5.63. The Bertz CT molecular complexity index is 1070. The molecule has 0 saturated carbocycles. The van der Waals surface area contributed by atoms with Gasteiger partial charge in [0, 0.05) is 42.1 Å². The summed E-state index contributed by atoms with van der Waals surface area (Å²) >= 11 is 1.24. The lowest BCUT2D eigenvalue weighted by Gasteiger charge is -2.19. The summed E-state index contributed by atoms with van der Waals surface area (Å²) in [6, 6.07) is 11.4. The zero-order valence-corrected chi connectivity index (χ0v) is 17.6. The Balaban J connectivity index is 1.37. The van der Waals surface area contributed by atoms with Crippen molar-refractivity contribution >= 4 is 41.2 Å². The minimum absolute atomic E-state index is 0.178. The summed E-state index contributed by atoms with van der Waals surface area (Å²) in [6.07, 6.45) is 3.73. The van der Waals surface area contributed by atoms with Crippen LogP contribution in [0, 0.1) is 5.82 Å². The van der Waals surface area contributed by atoms with Gasteiger partial charge in [-0.2, -0.15) is 0 Å². The smallest absolute Gasteiger partial charge is 0.262 e. The van der Waals surface area contributed by atoms with Crippen LogP contribution in [0.1, 0.15) is 35.2 Å². The average molecular weight is 440 g/mol. The van der Waals surface area contributed by atoms with E-state index in [9.17, 15) is 18.8 Å². The number of hydrogen-bond donors (Lipinski definition) is 2. The van der Waals surface area contributed by atoms with Crippen LogP contribution in [0.5, 0.6) is 0 Å². The van der Waals surface area contributed by atoms with Gasteiger partial charge in [0.1, 0.15) is 5.82 Å². The summed E-state index contributed by atoms with van der Waals surface area (Å²) in [6.45, 7) is 1.91. The van der Waals surface area contributed by atoms with Crippen molar-refractivity contribution in [2.24, 2.45) is 0 Å². The predicted octanol–water partition coefficient (Wildman–Crippen LogP) is 3.65. The lowest BCUT2D eigenvalue weighted by Crippen LogP contribution is -2.30. The minimum Gasteiger partial charge on any atom is -0.352 e. The molecule has 2 aromatic carbocycles. The minimum atomic E-state index is -0.393. The molecule has 0 spiro atoms. The maximum atomic E-state index is 13.9. The van der Waals surface area contributed by atoms with Gasteiger partial charge >= 0.3 is 0 Å². The van der Waals surface area contributed by atoms with Crippen molar-refractivity contribution in [3.05, 3.63) is 64.3 Å². The lowest BCUT2D eigenvalue weighted by atomic mass is 10.1. The van der Waals surface area contributed by atoms with Gasteiger partial charge < -0.3 is 15.5 Å². The van der Waals surface area contributed by atoms with Crippen molar-refractivity contribution in [1.29, 1.82) is 0 Å². The Morgan fingerprint density at radius 1 is 1.23 bits per heavy atom. The average Bonchev–Trinajstić information content (AvgIpc) is 3.17. The van der Waals surface area contributed by atoms with Crippen molar-refractivity contribution < 1.29 is 18.8 Å². The molecule has 6 nitrogen and oxygen atoms in total. The highest BCUT2D eigenvalue weighted by atomic mass is 32.2. The summed E-state index contributed by atoms with van der Waals surface area (Å²) in [4.78, 5) is 39.5. The van der Waals surface area contributed by atoms with Gasteiger partial charge in [-0.15, -0.1) is 0 Å². The van der Waals surface area contributed by atoms with E-state index in [0.29, 0.717) is 47.7 Å². The molecule has 0 unspecified atom stereocenters. The van der Waals surface area contributed by atoms with Crippen LogP contribution in [0.15, 0.2) is 52.3 Å². The number of amides is 3. The second kappa shape index (κ2) is 9.34. The zero-order valence-electron chi connectivity index (χ0n) is 16.8. The molecule has 4 rings (SSSR count). The zero-order chi connectivity index (χ0) is 21.8. The molecule has 2 aromatic rings. The molecule has 0 radical (unpaired) electrons. The topological polar surface area (TPSA) is 78.5 Å². The number of halogens is 1. The Hall–Kier alpha value is -3.13. The first kappa shape index (κ1) is 21.1. The summed E-state index contributed by atoms with van der Waals surface area (Å²) in [7, 11) is 0. The number of benzene rings is 2. The second-order valence-corrected chi connectivity index (χ2v) is 8.47. The molecule has 2 aliphatic rings. The van der Waals surface area contributed by atoms with Crippen LogP contribution in [-0.2, 0) is 9.59 Å². The molecule has 1 saturated heterocycles. The van der Waals surface area contributed by atoms with Gasteiger partial charge in [0.05, 0.1) is 10.6 Å². The fourth-order valence-corrected chi connectivity index (χ4v) is 4.47. The van der Waals surface area contributed by atoms with Gasteiger partial charge in [0.25, 0.3) is 11.8 Å². The largest absolute Gasteiger partial charge is 0.352 e. The first-order valence-electron chi connectivity index (χ1n) is 10.2. The molecule has 0 aliphatic carbocycles. The summed E-state index contributed by atoms with van der Waals surface area (Å²) < 4.78 is 13.9. The number of anilines is 1. The standard InChI is InChI=1S/C23H22FN3O3S/c24-17-6-2-1-5-15(17)14-20-23(30)26-18-13-16(8-9-19(18)31-20)22(29)25-10-4-12-27-11-3-7-21(27)28/h1-2,5-6,8-9,13-14H,3-4,7,10-12H2,(H,25,29)(H,26,30). The van der Waals surface area contributed by atoms with E-state index in [1.165, 1.54) is 23.9 Å². The van der Waals surface area contributed by atoms with Crippen molar-refractivity contribution in [2.75, 3.05) is 25.0 Å². The van der Waals surface area contributed by atoms with Gasteiger partial charge in [0.15, 0.2) is 0 Å². The fourth-order valence-electron chi connectivity index (χ4n) is 3.55. The highest BCUT2D eigenvalue weighted by Gasteiger charge is 2.23. The van der Waals surface area contributed by atoms with E-state index in [1.54, 1.807) is 36.4 Å². The number of carbonyl (C=O) groups is 3. The predicted molar refractivity (Wildman–Crippen MR) is 118 cm³/mol. The van der Waals surface area contributed by atoms with Crippen molar-refractivity contribution in [3.63, 3.8) is 0 Å². The third-order valence-corrected chi connectivity index (χ3v) is 6.29. The SMILES string of the molecule is O=C1Nc2cc(C(=O)NCCCN3CCCC3=O)ccc2SC1=Cc1ccccc1F. The van der Waals surface area contributed by atoms with E-state index in [0.717, 1.165) is 17.9 Å². The van der Waals surface area contributed by atoms with E-state index >= 15 is 0 Å². The van der Waals surface area contributed by atoms with Crippen LogP contribution in [0.3, 0.4) is 0 Å². The maximum Gasteiger partial charge on any atom is 0.262 e. The van der Waals surface area contributed by atoms with Gasteiger partial charge in [0.2, 0.25) is 5.91 Å². The molecule has 2 heterocycles. The van der Waals surface area contributed by atoms with Gasteiger partial charge in [-0.05, 0) is 43.2 Å². The number of hydrogen-bond acceptors (Lipinski definition) is 4. The van der Waals surface area contributed by atoms with E-state index in [2.05, 4.69) is 10.6 Å². The van der Waals surface area contributed by atoms with Crippen LogP contribution in [0.2, 0.25) is 0 Å². The monoisotopic (exact) mass is 439 g/mol. The van der Waals surface area contributed by atoms with E-state index < -0.39 is 5.82 Å². The molecule has 0 aromatic heterocycles. The number of rotatable bonds is 6. The lowest BCUT2D eigenvalue weighted by molar-refractivity contribution is -0.127. The summed E-state index contributed by atoms with van der Waals surface area (Å²) in [5.74, 6) is -0.788. The quantitative estimate of drug-likeness (QED) is 0.532. The third kappa shape index (κ3) is 4.96. The van der Waals surface area contributed by atoms with E-state index in [4.69, 9.17) is 0 Å². The molecule has 8 heteroatoms. The molecule has 1 fully saturated rings. The molecule has 3 amide bonds. The van der Waals surface area contributed by atoms with Gasteiger partial charge in [-0.3, -0.25) is 14.4 Å². The van der Waals surface area contributed by atoms with Crippen molar-refractivity contribution in [3.8, 4) is 0 Å². The van der Waals surface area contributed by atoms with Gasteiger partial charge in [-0.25, -0.2) is 4.39 Å².